The van der Waals surface area contributed by atoms with Crippen LogP contribution in [-0.2, 0) is 9.59 Å². The third-order valence-corrected chi connectivity index (χ3v) is 3.06. The van der Waals surface area contributed by atoms with E-state index in [0.29, 0.717) is 13.1 Å². The van der Waals surface area contributed by atoms with Gasteiger partial charge in [0, 0.05) is 19.1 Å². The molecule has 0 saturated heterocycles. The highest BCUT2D eigenvalue weighted by Crippen LogP contribution is 2.20. The average molecular weight is 265 g/mol. The van der Waals surface area contributed by atoms with Gasteiger partial charge in [-0.15, -0.1) is 0 Å². The van der Waals surface area contributed by atoms with Gasteiger partial charge in [0.2, 0.25) is 0 Å². The Balaban J connectivity index is 2.70. The molecule has 0 saturated carbocycles. The van der Waals surface area contributed by atoms with Crippen molar-refractivity contribution < 1.29 is 19.8 Å². The zero-order valence-corrected chi connectivity index (χ0v) is 11.0. The second-order valence-electron chi connectivity index (χ2n) is 4.41. The molecule has 0 heterocycles. The second-order valence-corrected chi connectivity index (χ2v) is 4.41. The van der Waals surface area contributed by atoms with Crippen LogP contribution in [0.4, 0.5) is 0 Å². The van der Waals surface area contributed by atoms with Crippen molar-refractivity contribution in [1.29, 1.82) is 0 Å². The Morgan fingerprint density at radius 1 is 1.05 bits per heavy atom. The topological polar surface area (TPSA) is 77.8 Å². The lowest BCUT2D eigenvalue weighted by atomic mass is 10.1. The van der Waals surface area contributed by atoms with E-state index in [9.17, 15) is 9.59 Å². The Labute approximate surface area is 112 Å². The summed E-state index contributed by atoms with van der Waals surface area (Å²) in [6, 6.07) is 9.66. The summed E-state index contributed by atoms with van der Waals surface area (Å²) in [5.74, 6) is -1.75. The van der Waals surface area contributed by atoms with Gasteiger partial charge in [0.1, 0.15) is 0 Å². The Hall–Kier alpha value is -1.88. The lowest BCUT2D eigenvalue weighted by molar-refractivity contribution is -0.137. The van der Waals surface area contributed by atoms with Crippen molar-refractivity contribution in [3.63, 3.8) is 0 Å². The first-order valence-corrected chi connectivity index (χ1v) is 6.23. The predicted molar refractivity (Wildman–Crippen MR) is 70.9 cm³/mol. The SMILES string of the molecule is CC(c1ccccc1)N(CCC(=O)O)CCC(=O)O. The zero-order chi connectivity index (χ0) is 14.3. The highest BCUT2D eigenvalue weighted by Gasteiger charge is 2.17. The van der Waals surface area contributed by atoms with E-state index < -0.39 is 11.9 Å². The molecule has 104 valence electrons. The molecule has 5 nitrogen and oxygen atoms in total. The van der Waals surface area contributed by atoms with Crippen molar-refractivity contribution in [2.45, 2.75) is 25.8 Å². The molecule has 0 spiro atoms. The third-order valence-electron chi connectivity index (χ3n) is 3.06. The molecule has 0 aromatic heterocycles. The molecule has 1 unspecified atom stereocenters. The fraction of sp³-hybridized carbons (Fsp3) is 0.429. The first-order chi connectivity index (χ1) is 9.00. The van der Waals surface area contributed by atoms with E-state index in [1.165, 1.54) is 0 Å². The molecule has 0 bridgehead atoms. The molecule has 1 aromatic carbocycles. The minimum atomic E-state index is -0.874. The van der Waals surface area contributed by atoms with Gasteiger partial charge in [-0.25, -0.2) is 0 Å². The second kappa shape index (κ2) is 7.53. The number of carboxylic acid groups (broad SMARTS) is 2. The minimum Gasteiger partial charge on any atom is -0.481 e. The van der Waals surface area contributed by atoms with E-state index in [1.54, 1.807) is 0 Å². The summed E-state index contributed by atoms with van der Waals surface area (Å²) in [5.41, 5.74) is 1.05. The molecule has 0 fully saturated rings. The van der Waals surface area contributed by atoms with Gasteiger partial charge >= 0.3 is 11.9 Å². The van der Waals surface area contributed by atoms with E-state index in [0.717, 1.165) is 5.56 Å². The zero-order valence-electron chi connectivity index (χ0n) is 11.0. The number of aliphatic carboxylic acids is 2. The van der Waals surface area contributed by atoms with Crippen LogP contribution in [0.15, 0.2) is 30.3 Å². The smallest absolute Gasteiger partial charge is 0.304 e. The van der Waals surface area contributed by atoms with Crippen molar-refractivity contribution in [3.8, 4) is 0 Å². The standard InChI is InChI=1S/C14H19NO4/c1-11(12-5-3-2-4-6-12)15(9-7-13(16)17)10-8-14(18)19/h2-6,11H,7-10H2,1H3,(H,16,17)(H,18,19). The Bertz CT molecular complexity index is 401. The number of benzene rings is 1. The number of nitrogens with zero attached hydrogens (tertiary/aromatic N) is 1. The van der Waals surface area contributed by atoms with Crippen molar-refractivity contribution in [2.75, 3.05) is 13.1 Å². The average Bonchev–Trinajstić information content (AvgIpc) is 2.38. The quantitative estimate of drug-likeness (QED) is 0.751. The van der Waals surface area contributed by atoms with Gasteiger partial charge in [-0.3, -0.25) is 14.5 Å². The first-order valence-electron chi connectivity index (χ1n) is 6.23. The van der Waals surface area contributed by atoms with Gasteiger partial charge in [0.25, 0.3) is 0 Å². The molecule has 0 aliphatic heterocycles. The maximum atomic E-state index is 10.7. The summed E-state index contributed by atoms with van der Waals surface area (Å²) < 4.78 is 0. The molecule has 0 aliphatic rings. The van der Waals surface area contributed by atoms with Crippen molar-refractivity contribution in [1.82, 2.24) is 4.90 Å². The van der Waals surface area contributed by atoms with Gasteiger partial charge in [-0.1, -0.05) is 30.3 Å². The molecule has 1 atom stereocenters. The normalized spacial score (nSPS) is 12.3. The largest absolute Gasteiger partial charge is 0.481 e. The number of carboxylic acids is 2. The van der Waals surface area contributed by atoms with Crippen LogP contribution in [0.1, 0.15) is 31.4 Å². The van der Waals surface area contributed by atoms with E-state index in [1.807, 2.05) is 42.2 Å². The molecule has 2 N–H and O–H groups in total. The summed E-state index contributed by atoms with van der Waals surface area (Å²) >= 11 is 0. The number of hydrogen-bond donors (Lipinski definition) is 2. The lowest BCUT2D eigenvalue weighted by Crippen LogP contribution is -2.31. The minimum absolute atomic E-state index is 0.0000926. The van der Waals surface area contributed by atoms with Crippen LogP contribution < -0.4 is 0 Å². The summed E-state index contributed by atoms with van der Waals surface area (Å²) in [4.78, 5) is 23.2. The summed E-state index contributed by atoms with van der Waals surface area (Å²) in [6.07, 6.45) is 0.0214. The van der Waals surface area contributed by atoms with Gasteiger partial charge < -0.3 is 10.2 Å². The van der Waals surface area contributed by atoms with Crippen LogP contribution in [0.25, 0.3) is 0 Å². The van der Waals surface area contributed by atoms with Gasteiger partial charge in [-0.2, -0.15) is 0 Å². The molecule has 0 radical (unpaired) electrons. The molecular formula is C14H19NO4. The fourth-order valence-corrected chi connectivity index (χ4v) is 1.92. The van der Waals surface area contributed by atoms with Gasteiger partial charge in [0.15, 0.2) is 0 Å². The Morgan fingerprint density at radius 3 is 1.95 bits per heavy atom. The number of rotatable bonds is 8. The molecule has 5 heteroatoms. The Morgan fingerprint density at radius 2 is 1.53 bits per heavy atom. The molecule has 19 heavy (non-hydrogen) atoms. The van der Waals surface area contributed by atoms with E-state index in [2.05, 4.69) is 0 Å². The summed E-state index contributed by atoms with van der Waals surface area (Å²) in [5, 5.41) is 17.5. The van der Waals surface area contributed by atoms with E-state index >= 15 is 0 Å². The Kier molecular flexibility index (Phi) is 6.02. The van der Waals surface area contributed by atoms with Crippen LogP contribution in [0.2, 0.25) is 0 Å². The molecule has 0 aliphatic carbocycles. The van der Waals surface area contributed by atoms with E-state index in [-0.39, 0.29) is 18.9 Å². The number of carbonyl (C=O) groups is 2. The van der Waals surface area contributed by atoms with Gasteiger partial charge in [0.05, 0.1) is 12.8 Å². The third kappa shape index (κ3) is 5.52. The number of hydrogen-bond acceptors (Lipinski definition) is 3. The molecular weight excluding hydrogens is 246 g/mol. The predicted octanol–water partition coefficient (Wildman–Crippen LogP) is 2.00. The molecule has 1 aromatic rings. The van der Waals surface area contributed by atoms with Crippen LogP contribution in [0.5, 0.6) is 0 Å². The summed E-state index contributed by atoms with van der Waals surface area (Å²) in [6.45, 7) is 2.65. The summed E-state index contributed by atoms with van der Waals surface area (Å²) in [7, 11) is 0. The lowest BCUT2D eigenvalue weighted by Gasteiger charge is -2.28. The van der Waals surface area contributed by atoms with Crippen LogP contribution in [-0.4, -0.2) is 40.1 Å². The van der Waals surface area contributed by atoms with Crippen molar-refractivity contribution >= 4 is 11.9 Å². The van der Waals surface area contributed by atoms with Gasteiger partial charge in [-0.05, 0) is 12.5 Å². The highest BCUT2D eigenvalue weighted by molar-refractivity contribution is 5.67. The van der Waals surface area contributed by atoms with Crippen molar-refractivity contribution in [2.24, 2.45) is 0 Å². The van der Waals surface area contributed by atoms with E-state index in [4.69, 9.17) is 10.2 Å². The van der Waals surface area contributed by atoms with Crippen LogP contribution >= 0.6 is 0 Å². The monoisotopic (exact) mass is 265 g/mol. The fourth-order valence-electron chi connectivity index (χ4n) is 1.92. The van der Waals surface area contributed by atoms with Crippen molar-refractivity contribution in [3.05, 3.63) is 35.9 Å². The molecule has 1 rings (SSSR count). The maximum absolute atomic E-state index is 10.7. The first kappa shape index (κ1) is 15.2. The van der Waals surface area contributed by atoms with Crippen LogP contribution in [0.3, 0.4) is 0 Å². The molecule has 0 amide bonds. The van der Waals surface area contributed by atoms with Crippen LogP contribution in [0, 0.1) is 0 Å². The maximum Gasteiger partial charge on any atom is 0.304 e. The highest BCUT2D eigenvalue weighted by atomic mass is 16.4.